The molecule has 19 heavy (non-hydrogen) atoms. The predicted molar refractivity (Wildman–Crippen MR) is 68.7 cm³/mol. The molecular formula is C13H21N3O3. The largest absolute Gasteiger partial charge is 0.368 e. The van der Waals surface area contributed by atoms with Crippen LogP contribution in [0.1, 0.15) is 45.3 Å². The summed E-state index contributed by atoms with van der Waals surface area (Å²) in [4.78, 5) is 16.0. The third-order valence-corrected chi connectivity index (χ3v) is 2.98. The molecule has 106 valence electrons. The van der Waals surface area contributed by atoms with Crippen molar-refractivity contribution in [2.24, 2.45) is 0 Å². The van der Waals surface area contributed by atoms with Crippen LogP contribution in [0.25, 0.3) is 0 Å². The molecule has 0 radical (unpaired) electrons. The van der Waals surface area contributed by atoms with Crippen molar-refractivity contribution in [2.75, 3.05) is 13.2 Å². The zero-order valence-electron chi connectivity index (χ0n) is 11.7. The molecule has 0 aromatic carbocycles. The molecular weight excluding hydrogens is 246 g/mol. The summed E-state index contributed by atoms with van der Waals surface area (Å²) < 4.78 is 10.5. The van der Waals surface area contributed by atoms with Crippen LogP contribution in [-0.4, -0.2) is 35.3 Å². The topological polar surface area (TPSA) is 77.2 Å². The number of aromatic nitrogens is 2. The summed E-state index contributed by atoms with van der Waals surface area (Å²) >= 11 is 0. The van der Waals surface area contributed by atoms with Crippen LogP contribution in [0.4, 0.5) is 0 Å². The van der Waals surface area contributed by atoms with E-state index >= 15 is 0 Å². The Hall–Kier alpha value is -1.43. The van der Waals surface area contributed by atoms with Crippen LogP contribution < -0.4 is 5.32 Å². The van der Waals surface area contributed by atoms with Gasteiger partial charge in [0.25, 0.3) is 0 Å². The molecule has 1 saturated heterocycles. The van der Waals surface area contributed by atoms with Crippen LogP contribution in [0.2, 0.25) is 0 Å². The normalized spacial score (nSPS) is 19.6. The number of carbonyl (C=O) groups excluding carboxylic acids is 1. The van der Waals surface area contributed by atoms with Crippen LogP contribution in [0, 0.1) is 0 Å². The summed E-state index contributed by atoms with van der Waals surface area (Å²) in [5, 5.41) is 6.74. The van der Waals surface area contributed by atoms with E-state index in [0.29, 0.717) is 31.3 Å². The summed E-state index contributed by atoms with van der Waals surface area (Å²) in [6.45, 7) is 7.23. The van der Waals surface area contributed by atoms with Crippen molar-refractivity contribution in [2.45, 2.75) is 51.6 Å². The molecule has 1 aromatic heterocycles. The van der Waals surface area contributed by atoms with E-state index in [1.165, 1.54) is 0 Å². The van der Waals surface area contributed by atoms with Gasteiger partial charge in [0.05, 0.1) is 0 Å². The molecule has 1 amide bonds. The Bertz CT molecular complexity index is 431. The van der Waals surface area contributed by atoms with Crippen LogP contribution in [0.5, 0.6) is 0 Å². The number of nitrogens with one attached hydrogen (secondary N) is 1. The van der Waals surface area contributed by atoms with Crippen molar-refractivity contribution < 1.29 is 14.1 Å². The number of rotatable bonds is 4. The molecule has 6 heteroatoms. The minimum Gasteiger partial charge on any atom is -0.368 e. The zero-order chi connectivity index (χ0) is 13.9. The SMILES string of the molecule is CC(C)(C)c1nc(CCNC(=O)C2CCCO2)no1. The van der Waals surface area contributed by atoms with Crippen LogP contribution in [0.3, 0.4) is 0 Å². The van der Waals surface area contributed by atoms with Crippen molar-refractivity contribution in [1.29, 1.82) is 0 Å². The monoisotopic (exact) mass is 267 g/mol. The van der Waals surface area contributed by atoms with E-state index in [1.807, 2.05) is 20.8 Å². The van der Waals surface area contributed by atoms with Crippen LogP contribution >= 0.6 is 0 Å². The summed E-state index contributed by atoms with van der Waals surface area (Å²) in [5.41, 5.74) is -0.147. The minimum atomic E-state index is -0.282. The third kappa shape index (κ3) is 3.76. The fraction of sp³-hybridized carbons (Fsp3) is 0.769. The lowest BCUT2D eigenvalue weighted by Gasteiger charge is -2.10. The predicted octanol–water partition coefficient (Wildman–Crippen LogP) is 1.20. The van der Waals surface area contributed by atoms with Crippen molar-refractivity contribution in [3.8, 4) is 0 Å². The van der Waals surface area contributed by atoms with Crippen LogP contribution in [0.15, 0.2) is 4.52 Å². The maximum Gasteiger partial charge on any atom is 0.249 e. The van der Waals surface area contributed by atoms with Gasteiger partial charge in [0.2, 0.25) is 11.8 Å². The Kier molecular flexibility index (Phi) is 4.19. The van der Waals surface area contributed by atoms with E-state index in [-0.39, 0.29) is 17.4 Å². The number of ether oxygens (including phenoxy) is 1. The van der Waals surface area contributed by atoms with Gasteiger partial charge in [0, 0.05) is 25.0 Å². The number of amides is 1. The Balaban J connectivity index is 1.76. The van der Waals surface area contributed by atoms with E-state index in [9.17, 15) is 4.79 Å². The van der Waals surface area contributed by atoms with Crippen molar-refractivity contribution in [3.63, 3.8) is 0 Å². The molecule has 1 aromatic rings. The second-order valence-corrected chi connectivity index (χ2v) is 5.81. The first-order valence-corrected chi connectivity index (χ1v) is 6.69. The van der Waals surface area contributed by atoms with E-state index in [0.717, 1.165) is 12.8 Å². The first kappa shape index (κ1) is 14.0. The number of nitrogens with zero attached hydrogens (tertiary/aromatic N) is 2. The highest BCUT2D eigenvalue weighted by molar-refractivity contribution is 5.80. The summed E-state index contributed by atoms with van der Waals surface area (Å²) in [7, 11) is 0. The lowest BCUT2D eigenvalue weighted by atomic mass is 9.97. The summed E-state index contributed by atoms with van der Waals surface area (Å²) in [6, 6.07) is 0. The summed E-state index contributed by atoms with van der Waals surface area (Å²) in [5.74, 6) is 1.20. The molecule has 1 aliphatic rings. The molecule has 0 spiro atoms. The molecule has 1 N–H and O–H groups in total. The highest BCUT2D eigenvalue weighted by Gasteiger charge is 2.24. The van der Waals surface area contributed by atoms with Gasteiger partial charge in [0.1, 0.15) is 6.10 Å². The second kappa shape index (κ2) is 5.69. The number of hydrogen-bond acceptors (Lipinski definition) is 5. The zero-order valence-corrected chi connectivity index (χ0v) is 11.7. The third-order valence-electron chi connectivity index (χ3n) is 2.98. The molecule has 1 aliphatic heterocycles. The molecule has 2 rings (SSSR count). The fourth-order valence-corrected chi connectivity index (χ4v) is 1.86. The quantitative estimate of drug-likeness (QED) is 0.887. The lowest BCUT2D eigenvalue weighted by Crippen LogP contribution is -2.35. The summed E-state index contributed by atoms with van der Waals surface area (Å²) in [6.07, 6.45) is 2.05. The van der Waals surface area contributed by atoms with Gasteiger partial charge in [-0.05, 0) is 12.8 Å². The average molecular weight is 267 g/mol. The first-order chi connectivity index (χ1) is 8.97. The lowest BCUT2D eigenvalue weighted by molar-refractivity contribution is -0.129. The van der Waals surface area contributed by atoms with E-state index in [4.69, 9.17) is 9.26 Å². The van der Waals surface area contributed by atoms with Gasteiger partial charge in [-0.15, -0.1) is 0 Å². The molecule has 0 aliphatic carbocycles. The molecule has 1 fully saturated rings. The molecule has 1 unspecified atom stereocenters. The molecule has 6 nitrogen and oxygen atoms in total. The Labute approximate surface area is 112 Å². The molecule has 0 saturated carbocycles. The van der Waals surface area contributed by atoms with Gasteiger partial charge in [-0.1, -0.05) is 25.9 Å². The van der Waals surface area contributed by atoms with Crippen LogP contribution in [-0.2, 0) is 21.4 Å². The van der Waals surface area contributed by atoms with Gasteiger partial charge in [-0.25, -0.2) is 0 Å². The van der Waals surface area contributed by atoms with Crippen molar-refractivity contribution in [3.05, 3.63) is 11.7 Å². The second-order valence-electron chi connectivity index (χ2n) is 5.81. The van der Waals surface area contributed by atoms with Crippen molar-refractivity contribution in [1.82, 2.24) is 15.5 Å². The maximum absolute atomic E-state index is 11.7. The number of hydrogen-bond donors (Lipinski definition) is 1. The standard InChI is InChI=1S/C13H21N3O3/c1-13(2,3)12-15-10(16-19-12)6-7-14-11(17)9-5-4-8-18-9/h9H,4-8H2,1-3H3,(H,14,17). The first-order valence-electron chi connectivity index (χ1n) is 6.69. The average Bonchev–Trinajstić information content (AvgIpc) is 2.99. The molecule has 2 heterocycles. The van der Waals surface area contributed by atoms with Gasteiger partial charge < -0.3 is 14.6 Å². The fourth-order valence-electron chi connectivity index (χ4n) is 1.86. The van der Waals surface area contributed by atoms with Crippen molar-refractivity contribution >= 4 is 5.91 Å². The van der Waals surface area contributed by atoms with Gasteiger partial charge in [-0.2, -0.15) is 4.98 Å². The van der Waals surface area contributed by atoms with Gasteiger partial charge in [0.15, 0.2) is 5.82 Å². The van der Waals surface area contributed by atoms with E-state index < -0.39 is 0 Å². The van der Waals surface area contributed by atoms with Gasteiger partial charge >= 0.3 is 0 Å². The maximum atomic E-state index is 11.7. The van der Waals surface area contributed by atoms with E-state index in [2.05, 4.69) is 15.5 Å². The molecule has 0 bridgehead atoms. The Morgan fingerprint density at radius 3 is 2.84 bits per heavy atom. The Morgan fingerprint density at radius 1 is 1.47 bits per heavy atom. The highest BCUT2D eigenvalue weighted by Crippen LogP contribution is 2.19. The molecule has 1 atom stereocenters. The smallest absolute Gasteiger partial charge is 0.249 e. The van der Waals surface area contributed by atoms with Gasteiger partial charge in [-0.3, -0.25) is 4.79 Å². The number of carbonyl (C=O) groups is 1. The highest BCUT2D eigenvalue weighted by atomic mass is 16.5. The van der Waals surface area contributed by atoms with E-state index in [1.54, 1.807) is 0 Å². The minimum absolute atomic E-state index is 0.0444. The Morgan fingerprint density at radius 2 is 2.26 bits per heavy atom.